The Morgan fingerprint density at radius 1 is 0.551 bits per heavy atom. The van der Waals surface area contributed by atoms with Gasteiger partial charge in [-0.2, -0.15) is 0 Å². The topological polar surface area (TPSA) is 128 Å². The van der Waals surface area contributed by atoms with Gasteiger partial charge in [0.15, 0.2) is 5.78 Å². The van der Waals surface area contributed by atoms with Crippen molar-refractivity contribution in [1.82, 2.24) is 14.4 Å². The van der Waals surface area contributed by atoms with Crippen molar-refractivity contribution in [1.29, 1.82) is 0 Å². The number of phenols is 4. The molecule has 69 heavy (non-hydrogen) atoms. The third kappa shape index (κ3) is 11.6. The number of ether oxygens (including phenoxy) is 2. The van der Waals surface area contributed by atoms with Gasteiger partial charge in [0.05, 0.1) is 5.69 Å². The number of aromatic nitrogens is 1. The number of fused-ring (bicyclic) bond motifs is 2. The summed E-state index contributed by atoms with van der Waals surface area (Å²) in [6.45, 7) is 10.7. The highest BCUT2D eigenvalue weighted by molar-refractivity contribution is 7.22. The Hall–Kier alpha value is -6.79. The first-order chi connectivity index (χ1) is 33.7. The van der Waals surface area contributed by atoms with Crippen LogP contribution in [0.15, 0.2) is 133 Å². The predicted molar refractivity (Wildman–Crippen MR) is 278 cm³/mol. The van der Waals surface area contributed by atoms with Crippen molar-refractivity contribution in [3.05, 3.63) is 156 Å². The van der Waals surface area contributed by atoms with Gasteiger partial charge in [0.2, 0.25) is 0 Å². The van der Waals surface area contributed by atoms with Crippen LogP contribution in [-0.4, -0.2) is 93.1 Å². The maximum absolute atomic E-state index is 13.6. The van der Waals surface area contributed by atoms with Crippen LogP contribution >= 0.6 is 11.3 Å². The number of likely N-dealkylation sites (tertiary alicyclic amines) is 2. The van der Waals surface area contributed by atoms with Crippen LogP contribution in [0.25, 0.3) is 42.7 Å². The van der Waals surface area contributed by atoms with Gasteiger partial charge in [0.1, 0.15) is 47.7 Å². The second-order valence-electron chi connectivity index (χ2n) is 18.2. The SMILES string of the molecule is Cc1c(-c2ccc(O)cc2)n(Cc2ccc(OCCN3CCCCCC3)cc2)c2ccc(O)cc12.O=C(c1ccc(OCCN2CCCCC2)cc1)c1c(-c2ccc(O)cc2)sc2cc(O)ccc12. The Kier molecular flexibility index (Phi) is 15.1. The monoisotopic (exact) mass is 943 g/mol. The summed E-state index contributed by atoms with van der Waals surface area (Å²) >= 11 is 1.46. The number of aromatic hydroxyl groups is 4. The summed E-state index contributed by atoms with van der Waals surface area (Å²) in [5.74, 6) is 2.42. The van der Waals surface area contributed by atoms with E-state index in [2.05, 4.69) is 45.6 Å². The van der Waals surface area contributed by atoms with E-state index in [1.54, 1.807) is 60.7 Å². The lowest BCUT2D eigenvalue weighted by molar-refractivity contribution is 0.104. The fourth-order valence-corrected chi connectivity index (χ4v) is 10.9. The average Bonchev–Trinajstić information content (AvgIpc) is 3.72. The molecule has 2 aliphatic heterocycles. The van der Waals surface area contributed by atoms with Gasteiger partial charge in [-0.3, -0.25) is 14.6 Å². The lowest BCUT2D eigenvalue weighted by Crippen LogP contribution is -2.33. The van der Waals surface area contributed by atoms with E-state index >= 15 is 0 Å². The predicted octanol–water partition coefficient (Wildman–Crippen LogP) is 12.4. The molecule has 2 aromatic heterocycles. The Bertz CT molecular complexity index is 2970. The lowest BCUT2D eigenvalue weighted by atomic mass is 9.97. The summed E-state index contributed by atoms with van der Waals surface area (Å²) in [5.41, 5.74) is 7.50. The van der Waals surface area contributed by atoms with Crippen molar-refractivity contribution in [2.75, 3.05) is 52.5 Å². The van der Waals surface area contributed by atoms with Gasteiger partial charge >= 0.3 is 0 Å². The zero-order chi connectivity index (χ0) is 47.7. The Labute approximate surface area is 408 Å². The summed E-state index contributed by atoms with van der Waals surface area (Å²) in [4.78, 5) is 19.4. The molecule has 2 aliphatic rings. The summed E-state index contributed by atoms with van der Waals surface area (Å²) < 4.78 is 15.1. The molecule has 6 aromatic carbocycles. The number of phenolic OH excluding ortho intramolecular Hbond substituents is 4. The molecular formula is C58H61N3O7S. The van der Waals surface area contributed by atoms with Crippen molar-refractivity contribution < 1.29 is 34.7 Å². The van der Waals surface area contributed by atoms with E-state index in [1.807, 2.05) is 48.5 Å². The number of ketones is 1. The molecule has 8 aromatic rings. The molecule has 2 fully saturated rings. The van der Waals surface area contributed by atoms with E-state index in [1.165, 1.54) is 74.9 Å². The highest BCUT2D eigenvalue weighted by Gasteiger charge is 2.23. The second-order valence-corrected chi connectivity index (χ2v) is 19.2. The maximum atomic E-state index is 13.6. The van der Waals surface area contributed by atoms with E-state index in [0.717, 1.165) is 92.5 Å². The molecule has 2 saturated heterocycles. The minimum Gasteiger partial charge on any atom is -0.508 e. The Balaban J connectivity index is 0.000000172. The molecule has 10 rings (SSSR count). The number of benzene rings is 6. The van der Waals surface area contributed by atoms with Crippen LogP contribution in [0.5, 0.6) is 34.5 Å². The molecule has 0 unspecified atom stereocenters. The first kappa shape index (κ1) is 47.3. The van der Waals surface area contributed by atoms with E-state index in [-0.39, 0.29) is 28.8 Å². The number of carbonyl (C=O) groups excluding carboxylic acids is 1. The smallest absolute Gasteiger partial charge is 0.195 e. The third-order valence-corrected chi connectivity index (χ3v) is 14.6. The first-order valence-corrected chi connectivity index (χ1v) is 25.1. The van der Waals surface area contributed by atoms with E-state index in [4.69, 9.17) is 9.47 Å². The minimum absolute atomic E-state index is 0.0834. The highest BCUT2D eigenvalue weighted by atomic mass is 32.1. The minimum atomic E-state index is -0.0834. The fraction of sp³-hybridized carbons (Fsp3) is 0.293. The number of rotatable bonds is 14. The zero-order valence-corrected chi connectivity index (χ0v) is 40.1. The van der Waals surface area contributed by atoms with Crippen LogP contribution in [0.2, 0.25) is 0 Å². The molecule has 0 amide bonds. The number of nitrogens with zero attached hydrogens (tertiary/aromatic N) is 3. The van der Waals surface area contributed by atoms with Gasteiger partial charge in [-0.25, -0.2) is 0 Å². The molecule has 356 valence electrons. The van der Waals surface area contributed by atoms with Gasteiger partial charge in [0.25, 0.3) is 0 Å². The van der Waals surface area contributed by atoms with Crippen LogP contribution in [0.4, 0.5) is 0 Å². The zero-order valence-electron chi connectivity index (χ0n) is 39.3. The number of carbonyl (C=O) groups is 1. The number of thiophene rings is 1. The number of piperidine rings is 1. The van der Waals surface area contributed by atoms with Crippen molar-refractivity contribution in [3.63, 3.8) is 0 Å². The van der Waals surface area contributed by atoms with Crippen molar-refractivity contribution >= 4 is 38.1 Å². The van der Waals surface area contributed by atoms with Crippen molar-refractivity contribution in [3.8, 4) is 56.2 Å². The van der Waals surface area contributed by atoms with E-state index in [0.29, 0.717) is 24.3 Å². The number of hydrogen-bond donors (Lipinski definition) is 4. The van der Waals surface area contributed by atoms with Crippen molar-refractivity contribution in [2.24, 2.45) is 0 Å². The largest absolute Gasteiger partial charge is 0.508 e. The van der Waals surface area contributed by atoms with Crippen LogP contribution in [0.1, 0.15) is 72.0 Å². The quantitative estimate of drug-likeness (QED) is 0.0788. The summed E-state index contributed by atoms with van der Waals surface area (Å²) in [7, 11) is 0. The molecular weight excluding hydrogens is 883 g/mol. The molecule has 0 atom stereocenters. The van der Waals surface area contributed by atoms with Gasteiger partial charge in [-0.15, -0.1) is 11.3 Å². The van der Waals surface area contributed by atoms with Crippen molar-refractivity contribution in [2.45, 2.75) is 58.4 Å². The number of hydrogen-bond acceptors (Lipinski definition) is 10. The molecule has 0 aliphatic carbocycles. The van der Waals surface area contributed by atoms with E-state index < -0.39 is 0 Å². The fourth-order valence-electron chi connectivity index (χ4n) is 9.64. The normalized spacial score (nSPS) is 14.6. The molecule has 11 heteroatoms. The third-order valence-electron chi connectivity index (χ3n) is 13.4. The van der Waals surface area contributed by atoms with Gasteiger partial charge in [-0.1, -0.05) is 31.4 Å². The summed E-state index contributed by atoms with van der Waals surface area (Å²) in [5, 5.41) is 41.3. The average molecular weight is 944 g/mol. The Morgan fingerprint density at radius 2 is 1.06 bits per heavy atom. The van der Waals surface area contributed by atoms with Crippen LogP contribution in [0.3, 0.4) is 0 Å². The van der Waals surface area contributed by atoms with Crippen LogP contribution < -0.4 is 9.47 Å². The molecule has 4 heterocycles. The first-order valence-electron chi connectivity index (χ1n) is 24.3. The number of aryl methyl sites for hydroxylation is 1. The summed E-state index contributed by atoms with van der Waals surface area (Å²) in [6.07, 6.45) is 9.15. The van der Waals surface area contributed by atoms with Crippen LogP contribution in [-0.2, 0) is 6.54 Å². The maximum Gasteiger partial charge on any atom is 0.195 e. The van der Waals surface area contributed by atoms with E-state index in [9.17, 15) is 25.2 Å². The molecule has 0 saturated carbocycles. The molecule has 4 N–H and O–H groups in total. The Morgan fingerprint density at radius 3 is 1.65 bits per heavy atom. The second kappa shape index (κ2) is 22.1. The highest BCUT2D eigenvalue weighted by Crippen LogP contribution is 2.42. The molecule has 10 nitrogen and oxygen atoms in total. The molecule has 0 radical (unpaired) electrons. The van der Waals surface area contributed by atoms with Gasteiger partial charge in [-0.05, 0) is 202 Å². The van der Waals surface area contributed by atoms with Crippen LogP contribution in [0, 0.1) is 6.92 Å². The van der Waals surface area contributed by atoms with Gasteiger partial charge in [0, 0.05) is 56.6 Å². The molecule has 0 bridgehead atoms. The standard InChI is InChI=1S/C30H34N2O3.C28H27NO4S/c1-22-28-20-26(34)12-15-29(28)32(30(22)24-8-10-25(33)11-9-24)21-23-6-13-27(14-7-23)35-19-18-31-16-4-2-3-5-17-31;30-21-8-4-20(5-9-21)28-26(24-13-10-22(31)18-25(24)34-28)27(32)19-6-11-23(12-7-19)33-17-16-29-14-2-1-3-15-29/h6-15,20,33-34H,2-5,16-19,21H2,1H3;4-13,18,30-31H,1-3,14-17H2. The summed E-state index contributed by atoms with van der Waals surface area (Å²) in [6, 6.07) is 40.4. The molecule has 0 spiro atoms. The lowest BCUT2D eigenvalue weighted by Gasteiger charge is -2.26. The van der Waals surface area contributed by atoms with Gasteiger partial charge < -0.3 is 34.5 Å².